The second kappa shape index (κ2) is 3.37. The molecule has 0 radical (unpaired) electrons. The van der Waals surface area contributed by atoms with E-state index in [1.165, 1.54) is 0 Å². The predicted octanol–water partition coefficient (Wildman–Crippen LogP) is 1.07. The van der Waals surface area contributed by atoms with Crippen LogP contribution in [-0.2, 0) is 4.74 Å². The Kier molecular flexibility index (Phi) is 2.41. The van der Waals surface area contributed by atoms with Gasteiger partial charge in [0.05, 0.1) is 0 Å². The van der Waals surface area contributed by atoms with Gasteiger partial charge in [0, 0.05) is 19.1 Å². The Morgan fingerprint density at radius 3 is 2.33 bits per heavy atom. The number of ether oxygens (including phenoxy) is 1. The molecule has 1 aliphatic heterocycles. The van der Waals surface area contributed by atoms with Crippen LogP contribution in [0.25, 0.3) is 0 Å². The number of likely N-dealkylation sites (tertiary alicyclic amines) is 1. The van der Waals surface area contributed by atoms with E-state index in [0.29, 0.717) is 17.9 Å². The fourth-order valence-electron chi connectivity index (χ4n) is 2.39. The van der Waals surface area contributed by atoms with Crippen molar-refractivity contribution in [2.45, 2.75) is 32.4 Å². The van der Waals surface area contributed by atoms with Crippen LogP contribution in [0.4, 0.5) is 4.79 Å². The number of nitrogens with zero attached hydrogens (tertiary/aromatic N) is 1. The third kappa shape index (κ3) is 2.43. The Morgan fingerprint density at radius 1 is 1.33 bits per heavy atom. The van der Waals surface area contributed by atoms with E-state index in [1.807, 2.05) is 20.8 Å². The van der Waals surface area contributed by atoms with Crippen molar-refractivity contribution in [1.82, 2.24) is 10.2 Å². The van der Waals surface area contributed by atoms with E-state index in [4.69, 9.17) is 4.74 Å². The van der Waals surface area contributed by atoms with E-state index in [1.54, 1.807) is 0 Å². The van der Waals surface area contributed by atoms with E-state index < -0.39 is 5.60 Å². The lowest BCUT2D eigenvalue weighted by molar-refractivity contribution is 0.0515. The molecular formula is C11H20N2O2. The monoisotopic (exact) mass is 212 g/mol. The molecule has 1 amide bonds. The lowest BCUT2D eigenvalue weighted by atomic mass is 10.2. The Labute approximate surface area is 91.0 Å². The molecule has 0 spiro atoms. The van der Waals surface area contributed by atoms with Crippen LogP contribution >= 0.6 is 0 Å². The molecule has 0 bridgehead atoms. The van der Waals surface area contributed by atoms with Crippen molar-refractivity contribution < 1.29 is 9.53 Å². The molecule has 1 saturated carbocycles. The number of carbonyl (C=O) groups excluding carboxylic acids is 1. The molecule has 1 saturated heterocycles. The molecule has 2 fully saturated rings. The van der Waals surface area contributed by atoms with Gasteiger partial charge in [-0.3, -0.25) is 0 Å². The average Bonchev–Trinajstić information content (AvgIpc) is 2.54. The first kappa shape index (κ1) is 10.7. The van der Waals surface area contributed by atoms with Gasteiger partial charge in [0.15, 0.2) is 0 Å². The largest absolute Gasteiger partial charge is 0.444 e. The van der Waals surface area contributed by atoms with Crippen LogP contribution in [0.2, 0.25) is 0 Å². The second-order valence-electron chi connectivity index (χ2n) is 5.72. The summed E-state index contributed by atoms with van der Waals surface area (Å²) in [5.74, 6) is 1.31. The lowest BCUT2D eigenvalue weighted by Crippen LogP contribution is -2.37. The number of hydrogen-bond acceptors (Lipinski definition) is 3. The van der Waals surface area contributed by atoms with Gasteiger partial charge in [0.25, 0.3) is 0 Å². The minimum absolute atomic E-state index is 0.274. The van der Waals surface area contributed by atoms with Crippen LogP contribution in [0.15, 0.2) is 0 Å². The Bertz CT molecular complexity index is 260. The summed E-state index contributed by atoms with van der Waals surface area (Å²) in [7, 11) is 2.12. The molecule has 2 unspecified atom stereocenters. The third-order valence-electron chi connectivity index (χ3n) is 3.06. The molecule has 15 heavy (non-hydrogen) atoms. The maximum atomic E-state index is 11.5. The summed E-state index contributed by atoms with van der Waals surface area (Å²) in [6.07, 6.45) is -0.274. The lowest BCUT2D eigenvalue weighted by Gasteiger charge is -2.20. The summed E-state index contributed by atoms with van der Waals surface area (Å²) >= 11 is 0. The SMILES string of the molecule is CN1CC2C(C1)C2NC(=O)OC(C)(C)C. The van der Waals surface area contributed by atoms with Gasteiger partial charge in [-0.1, -0.05) is 0 Å². The van der Waals surface area contributed by atoms with Crippen LogP contribution in [0.3, 0.4) is 0 Å². The van der Waals surface area contributed by atoms with Gasteiger partial charge in [-0.25, -0.2) is 4.79 Å². The minimum Gasteiger partial charge on any atom is -0.444 e. The van der Waals surface area contributed by atoms with Crippen molar-refractivity contribution in [2.24, 2.45) is 11.8 Å². The van der Waals surface area contributed by atoms with Crippen molar-refractivity contribution in [1.29, 1.82) is 0 Å². The standard InChI is InChI=1S/C11H20N2O2/c1-11(2,3)15-10(14)12-9-7-5-13(4)6-8(7)9/h7-9H,5-6H2,1-4H3,(H,12,14). The van der Waals surface area contributed by atoms with Crippen molar-refractivity contribution in [3.63, 3.8) is 0 Å². The molecular weight excluding hydrogens is 192 g/mol. The Balaban J connectivity index is 1.74. The van der Waals surface area contributed by atoms with Gasteiger partial charge in [-0.2, -0.15) is 0 Å². The first-order valence-electron chi connectivity index (χ1n) is 5.55. The zero-order valence-electron chi connectivity index (χ0n) is 9.91. The van der Waals surface area contributed by atoms with E-state index in [9.17, 15) is 4.79 Å². The predicted molar refractivity (Wildman–Crippen MR) is 57.6 cm³/mol. The fourth-order valence-corrected chi connectivity index (χ4v) is 2.39. The van der Waals surface area contributed by atoms with Crippen LogP contribution < -0.4 is 5.32 Å². The minimum atomic E-state index is -0.398. The number of fused-ring (bicyclic) bond motifs is 1. The molecule has 0 aromatic carbocycles. The summed E-state index contributed by atoms with van der Waals surface area (Å²) in [6.45, 7) is 7.85. The molecule has 2 atom stereocenters. The maximum Gasteiger partial charge on any atom is 0.407 e. The number of piperidine rings is 1. The molecule has 0 aromatic rings. The molecule has 0 aromatic heterocycles. The van der Waals surface area contributed by atoms with E-state index in [0.717, 1.165) is 13.1 Å². The van der Waals surface area contributed by atoms with Crippen molar-refractivity contribution >= 4 is 6.09 Å². The molecule has 4 nitrogen and oxygen atoms in total. The zero-order chi connectivity index (χ0) is 11.2. The highest BCUT2D eigenvalue weighted by atomic mass is 16.6. The molecule has 1 heterocycles. The molecule has 1 N–H and O–H groups in total. The Hall–Kier alpha value is -0.770. The number of amides is 1. The summed E-state index contributed by atoms with van der Waals surface area (Å²) in [5, 5.41) is 2.95. The van der Waals surface area contributed by atoms with E-state index in [-0.39, 0.29) is 6.09 Å². The number of carbonyl (C=O) groups is 1. The highest BCUT2D eigenvalue weighted by Gasteiger charge is 2.55. The van der Waals surface area contributed by atoms with E-state index >= 15 is 0 Å². The van der Waals surface area contributed by atoms with E-state index in [2.05, 4.69) is 17.3 Å². The molecule has 2 aliphatic rings. The number of rotatable bonds is 1. The normalized spacial score (nSPS) is 34.8. The van der Waals surface area contributed by atoms with Gasteiger partial charge in [0.2, 0.25) is 0 Å². The van der Waals surface area contributed by atoms with Crippen LogP contribution in [0.1, 0.15) is 20.8 Å². The highest BCUT2D eigenvalue weighted by Crippen LogP contribution is 2.44. The first-order valence-corrected chi connectivity index (χ1v) is 5.55. The second-order valence-corrected chi connectivity index (χ2v) is 5.72. The molecule has 86 valence electrons. The van der Waals surface area contributed by atoms with Crippen molar-refractivity contribution in [3.8, 4) is 0 Å². The summed E-state index contributed by atoms with van der Waals surface area (Å²) in [5.41, 5.74) is -0.398. The molecule has 2 rings (SSSR count). The number of alkyl carbamates (subject to hydrolysis) is 1. The summed E-state index contributed by atoms with van der Waals surface area (Å²) < 4.78 is 5.22. The van der Waals surface area contributed by atoms with Crippen LogP contribution in [0, 0.1) is 11.8 Å². The average molecular weight is 212 g/mol. The fraction of sp³-hybridized carbons (Fsp3) is 0.909. The molecule has 4 heteroatoms. The number of hydrogen-bond donors (Lipinski definition) is 1. The summed E-state index contributed by atoms with van der Waals surface area (Å²) in [4.78, 5) is 13.8. The first-order chi connectivity index (χ1) is 6.87. The third-order valence-corrected chi connectivity index (χ3v) is 3.06. The highest BCUT2D eigenvalue weighted by molar-refractivity contribution is 5.68. The molecule has 1 aliphatic carbocycles. The van der Waals surface area contributed by atoms with Gasteiger partial charge < -0.3 is 15.0 Å². The number of nitrogens with one attached hydrogen (secondary N) is 1. The topological polar surface area (TPSA) is 41.6 Å². The smallest absolute Gasteiger partial charge is 0.407 e. The zero-order valence-corrected chi connectivity index (χ0v) is 9.91. The van der Waals surface area contributed by atoms with Crippen LogP contribution in [0.5, 0.6) is 0 Å². The van der Waals surface area contributed by atoms with Crippen molar-refractivity contribution in [3.05, 3.63) is 0 Å². The maximum absolute atomic E-state index is 11.5. The summed E-state index contributed by atoms with van der Waals surface area (Å²) in [6, 6.07) is 0.357. The van der Waals surface area contributed by atoms with Gasteiger partial charge in [-0.15, -0.1) is 0 Å². The van der Waals surface area contributed by atoms with Crippen molar-refractivity contribution in [2.75, 3.05) is 20.1 Å². The van der Waals surface area contributed by atoms with Gasteiger partial charge >= 0.3 is 6.09 Å². The quantitative estimate of drug-likeness (QED) is 0.707. The van der Waals surface area contributed by atoms with Gasteiger partial charge in [-0.05, 0) is 39.7 Å². The van der Waals surface area contributed by atoms with Gasteiger partial charge in [0.1, 0.15) is 5.60 Å². The Morgan fingerprint density at radius 2 is 1.87 bits per heavy atom. The van der Waals surface area contributed by atoms with Crippen LogP contribution in [-0.4, -0.2) is 42.8 Å².